The number of carboxylic acid groups (broad SMARTS) is 1. The van der Waals surface area contributed by atoms with E-state index < -0.39 is 30.3 Å². The molecule has 4 atom stereocenters. The van der Waals surface area contributed by atoms with E-state index in [9.17, 15) is 19.4 Å². The Morgan fingerprint density at radius 3 is 1.96 bits per heavy atom. The Hall–Kier alpha value is -1.90. The average molecular weight is 402 g/mol. The topological polar surface area (TPSA) is 74.6 Å². The molecule has 0 aliphatic rings. The van der Waals surface area contributed by atoms with Crippen molar-refractivity contribution in [3.63, 3.8) is 0 Å². The van der Waals surface area contributed by atoms with Crippen molar-refractivity contribution in [2.45, 2.75) is 51.9 Å². The minimum absolute atomic E-state index is 0.0146. The molecule has 0 fully saturated rings. The zero-order valence-corrected chi connectivity index (χ0v) is 18.0. The van der Waals surface area contributed by atoms with Crippen LogP contribution in [0, 0.1) is 11.3 Å². The molecular weight excluding hydrogens is 371 g/mol. The minimum atomic E-state index is -3.78. The zero-order valence-electron chi connectivity index (χ0n) is 17.1. The summed E-state index contributed by atoms with van der Waals surface area (Å²) in [5.41, 5.74) is 0.322. The fourth-order valence-electron chi connectivity index (χ4n) is 4.10. The van der Waals surface area contributed by atoms with E-state index in [-0.39, 0.29) is 12.1 Å². The van der Waals surface area contributed by atoms with Crippen molar-refractivity contribution in [3.05, 3.63) is 71.8 Å². The summed E-state index contributed by atoms with van der Waals surface area (Å²) >= 11 is 0. The number of carbonyl (C=O) groups is 1. The van der Waals surface area contributed by atoms with Crippen molar-refractivity contribution < 1.29 is 19.4 Å². The number of carboxylic acids is 1. The van der Waals surface area contributed by atoms with Crippen molar-refractivity contribution in [1.82, 2.24) is 0 Å². The van der Waals surface area contributed by atoms with Crippen LogP contribution in [-0.2, 0) is 15.5 Å². The van der Waals surface area contributed by atoms with Crippen LogP contribution in [0.2, 0.25) is 0 Å². The second-order valence-electron chi connectivity index (χ2n) is 8.70. The third-order valence-electron chi connectivity index (χ3n) is 5.25. The molecule has 5 heteroatoms. The Labute approximate surface area is 168 Å². The molecule has 2 N–H and O–H groups in total. The summed E-state index contributed by atoms with van der Waals surface area (Å²) in [6, 6.07) is 18.8. The largest absolute Gasteiger partial charge is 0.481 e. The predicted octanol–water partition coefficient (Wildman–Crippen LogP) is 5.77. The first-order valence-corrected chi connectivity index (χ1v) is 11.6. The van der Waals surface area contributed by atoms with Crippen LogP contribution in [0.1, 0.15) is 51.2 Å². The average Bonchev–Trinajstić information content (AvgIpc) is 2.60. The highest BCUT2D eigenvalue weighted by Gasteiger charge is 2.48. The van der Waals surface area contributed by atoms with Crippen molar-refractivity contribution in [2.24, 2.45) is 11.3 Å². The van der Waals surface area contributed by atoms with Gasteiger partial charge in [-0.3, -0.25) is 9.36 Å². The van der Waals surface area contributed by atoms with Gasteiger partial charge in [-0.25, -0.2) is 0 Å². The minimum Gasteiger partial charge on any atom is -0.481 e. The van der Waals surface area contributed by atoms with Gasteiger partial charge in [0, 0.05) is 6.16 Å². The molecule has 0 saturated carbocycles. The van der Waals surface area contributed by atoms with Gasteiger partial charge in [-0.1, -0.05) is 88.4 Å². The molecule has 0 aromatic heterocycles. The Morgan fingerprint density at radius 2 is 1.50 bits per heavy atom. The third kappa shape index (κ3) is 5.80. The lowest BCUT2D eigenvalue weighted by Crippen LogP contribution is -2.39. The van der Waals surface area contributed by atoms with Gasteiger partial charge in [0.15, 0.2) is 0 Å². The van der Waals surface area contributed by atoms with Gasteiger partial charge < -0.3 is 10.00 Å². The molecule has 0 aliphatic carbocycles. The fraction of sp³-hybridized carbons (Fsp3) is 0.435. The molecule has 2 aromatic rings. The van der Waals surface area contributed by atoms with E-state index in [1.54, 1.807) is 0 Å². The molecule has 4 nitrogen and oxygen atoms in total. The van der Waals surface area contributed by atoms with Crippen molar-refractivity contribution in [2.75, 3.05) is 0 Å². The lowest BCUT2D eigenvalue weighted by molar-refractivity contribution is -0.143. The Bertz CT molecular complexity index is 812. The first-order valence-electron chi connectivity index (χ1n) is 9.65. The summed E-state index contributed by atoms with van der Waals surface area (Å²) in [5.74, 6) is -1.94. The van der Waals surface area contributed by atoms with E-state index in [0.717, 1.165) is 11.1 Å². The van der Waals surface area contributed by atoms with Gasteiger partial charge in [-0.2, -0.15) is 0 Å². The maximum atomic E-state index is 13.5. The van der Waals surface area contributed by atoms with Crippen LogP contribution in [-0.4, -0.2) is 21.6 Å². The van der Waals surface area contributed by atoms with Gasteiger partial charge in [0.2, 0.25) is 7.37 Å². The van der Waals surface area contributed by atoms with Crippen LogP contribution in [0.3, 0.4) is 0 Å². The fourth-order valence-corrected chi connectivity index (χ4v) is 7.05. The predicted molar refractivity (Wildman–Crippen MR) is 114 cm³/mol. The Balaban J connectivity index is 2.37. The van der Waals surface area contributed by atoms with Crippen molar-refractivity contribution in [3.8, 4) is 0 Å². The van der Waals surface area contributed by atoms with Crippen LogP contribution in [0.15, 0.2) is 60.7 Å². The smallest absolute Gasteiger partial charge is 0.307 e. The number of hydrogen-bond acceptors (Lipinski definition) is 2. The summed E-state index contributed by atoms with van der Waals surface area (Å²) < 4.78 is 13.5. The second-order valence-corrected chi connectivity index (χ2v) is 11.1. The highest BCUT2D eigenvalue weighted by Crippen LogP contribution is 2.59. The standard InChI is InChI=1S/C23H31O4P/c1-17(19-13-9-6-10-14-19)15-20(22(24)25)21(23(2,3)4)28(26,27)16-18-11-7-5-8-12-18/h5-14,17,20-21H,15-16H2,1-4H3,(H,24,25)(H,26,27). The van der Waals surface area contributed by atoms with Gasteiger partial charge in [0.25, 0.3) is 0 Å². The molecule has 0 amide bonds. The molecule has 2 aromatic carbocycles. The molecule has 0 bridgehead atoms. The monoisotopic (exact) mass is 402 g/mol. The van der Waals surface area contributed by atoms with Gasteiger partial charge in [-0.05, 0) is 28.9 Å². The first kappa shape index (κ1) is 22.4. The third-order valence-corrected chi connectivity index (χ3v) is 8.07. The van der Waals surface area contributed by atoms with E-state index in [0.29, 0.717) is 6.42 Å². The molecule has 4 unspecified atom stereocenters. The Kier molecular flexibility index (Phi) is 7.25. The molecule has 0 spiro atoms. The highest BCUT2D eigenvalue weighted by atomic mass is 31.2. The van der Waals surface area contributed by atoms with Gasteiger partial charge >= 0.3 is 5.97 Å². The van der Waals surface area contributed by atoms with Gasteiger partial charge in [-0.15, -0.1) is 0 Å². The molecule has 2 rings (SSSR count). The van der Waals surface area contributed by atoms with Gasteiger partial charge in [0.05, 0.1) is 11.6 Å². The zero-order chi connectivity index (χ0) is 20.9. The molecular formula is C23H31O4P. The number of rotatable bonds is 8. The summed E-state index contributed by atoms with van der Waals surface area (Å²) in [6.07, 6.45) is 0.305. The van der Waals surface area contributed by atoms with Crippen LogP contribution < -0.4 is 0 Å². The lowest BCUT2D eigenvalue weighted by Gasteiger charge is -2.39. The van der Waals surface area contributed by atoms with E-state index in [4.69, 9.17) is 0 Å². The van der Waals surface area contributed by atoms with Crippen LogP contribution in [0.25, 0.3) is 0 Å². The van der Waals surface area contributed by atoms with Crippen LogP contribution >= 0.6 is 7.37 Å². The van der Waals surface area contributed by atoms with Crippen molar-refractivity contribution >= 4 is 13.3 Å². The van der Waals surface area contributed by atoms with Gasteiger partial charge in [0.1, 0.15) is 0 Å². The molecule has 0 aliphatic heterocycles. The second kappa shape index (κ2) is 9.07. The maximum Gasteiger partial charge on any atom is 0.307 e. The number of benzene rings is 2. The quantitative estimate of drug-likeness (QED) is 0.550. The Morgan fingerprint density at radius 1 is 1.00 bits per heavy atom. The number of aliphatic carboxylic acids is 1. The van der Waals surface area contributed by atoms with Crippen LogP contribution in [0.4, 0.5) is 0 Å². The molecule has 0 heterocycles. The van der Waals surface area contributed by atoms with E-state index in [1.807, 2.05) is 88.4 Å². The summed E-state index contributed by atoms with van der Waals surface area (Å²) in [7, 11) is -3.78. The highest BCUT2D eigenvalue weighted by molar-refractivity contribution is 7.58. The van der Waals surface area contributed by atoms with Crippen molar-refractivity contribution in [1.29, 1.82) is 0 Å². The summed E-state index contributed by atoms with van der Waals surface area (Å²) in [4.78, 5) is 23.3. The molecule has 28 heavy (non-hydrogen) atoms. The number of hydrogen-bond donors (Lipinski definition) is 2. The summed E-state index contributed by atoms with van der Waals surface area (Å²) in [5, 5.41) is 10.00. The van der Waals surface area contributed by atoms with Crippen LogP contribution in [0.5, 0.6) is 0 Å². The summed E-state index contributed by atoms with van der Waals surface area (Å²) in [6.45, 7) is 7.54. The van der Waals surface area contributed by atoms with E-state index >= 15 is 0 Å². The molecule has 152 valence electrons. The van der Waals surface area contributed by atoms with E-state index in [2.05, 4.69) is 0 Å². The van der Waals surface area contributed by atoms with E-state index in [1.165, 1.54) is 0 Å². The maximum absolute atomic E-state index is 13.5. The lowest BCUT2D eigenvalue weighted by atomic mass is 9.79. The molecule has 0 radical (unpaired) electrons. The first-order chi connectivity index (χ1) is 13.0. The normalized spacial score (nSPS) is 17.3. The SMILES string of the molecule is CC(CC(C(=O)O)C(C(C)(C)C)P(=O)(O)Cc1ccccc1)c1ccccc1. The molecule has 0 saturated heterocycles.